The molecule has 0 spiro atoms. The minimum atomic E-state index is -4.46. The van der Waals surface area contributed by atoms with Gasteiger partial charge in [-0.1, -0.05) is 217 Å². The summed E-state index contributed by atoms with van der Waals surface area (Å²) in [6.45, 7) is 34.1. The third-order valence-electron chi connectivity index (χ3n) is 26.8. The van der Waals surface area contributed by atoms with Crippen LogP contribution in [-0.4, -0.2) is 31.1 Å². The molecule has 7 atom stereocenters. The van der Waals surface area contributed by atoms with E-state index in [0.717, 1.165) is 158 Å². The number of allylic oxidation sites excluding steroid dienone is 4. The van der Waals surface area contributed by atoms with Crippen molar-refractivity contribution in [2.75, 3.05) is 6.61 Å². The first-order valence-electron chi connectivity index (χ1n) is 39.4. The number of carbonyl (C=O) groups is 1. The van der Waals surface area contributed by atoms with E-state index in [-0.39, 0.29) is 50.5 Å². The van der Waals surface area contributed by atoms with E-state index in [1.165, 1.54) is 48.6 Å². The Balaban J connectivity index is 0.813. The van der Waals surface area contributed by atoms with Gasteiger partial charge in [0.05, 0.1) is 24.4 Å². The monoisotopic (exact) mass is 1510 g/mol. The zero-order chi connectivity index (χ0) is 79.6. The fourth-order valence-electron chi connectivity index (χ4n) is 20.0. The van der Waals surface area contributed by atoms with Crippen LogP contribution in [0.2, 0.25) is 0 Å². The molecule has 0 saturated heterocycles. The second-order valence-corrected chi connectivity index (χ2v) is 32.5. The Morgan fingerprint density at radius 1 is 0.384 bits per heavy atom. The van der Waals surface area contributed by atoms with Crippen LogP contribution in [-0.2, 0) is 36.6 Å². The van der Waals surface area contributed by atoms with Gasteiger partial charge in [0.25, 0.3) is 0 Å². The predicted octanol–water partition coefficient (Wildman–Crippen LogP) is 28.8. The third kappa shape index (κ3) is 12.3. The van der Waals surface area contributed by atoms with Crippen LogP contribution in [0.3, 0.4) is 0 Å². The van der Waals surface area contributed by atoms with Crippen molar-refractivity contribution in [2.45, 2.75) is 165 Å². The number of hydrogen-bond acceptors (Lipinski definition) is 2. The maximum Gasteiger partial charge on any atom is 0.391 e. The molecule has 10 aromatic rings. The van der Waals surface area contributed by atoms with Crippen molar-refractivity contribution in [1.29, 1.82) is 0 Å². The average Bonchev–Trinajstić information content (AvgIpc) is 1.56. The molecule has 7 unspecified atom stereocenters. The number of unbranched alkanes of at least 4 members (excludes halogenated alkanes) is 1. The summed E-state index contributed by atoms with van der Waals surface area (Å²) >= 11 is 0. The van der Waals surface area contributed by atoms with E-state index in [1.54, 1.807) is 12.2 Å². The summed E-state index contributed by atoms with van der Waals surface area (Å²) in [6.07, 6.45) is -3.13. The van der Waals surface area contributed by atoms with Crippen LogP contribution in [0.4, 0.5) is 39.5 Å². The number of benzene rings is 10. The summed E-state index contributed by atoms with van der Waals surface area (Å²) in [4.78, 5) is 12.4. The highest BCUT2D eigenvalue weighted by molar-refractivity contribution is 5.94. The van der Waals surface area contributed by atoms with Gasteiger partial charge in [-0.25, -0.2) is 4.79 Å². The first kappa shape index (κ1) is 77.1. The Kier molecular flexibility index (Phi) is 19.6. The number of ether oxygens (including phenoxy) is 1. The molecular weight excluding hydrogens is 1420 g/mol. The molecule has 10 aromatic carbocycles. The van der Waals surface area contributed by atoms with Gasteiger partial charge in [0.15, 0.2) is 0 Å². The van der Waals surface area contributed by atoms with Gasteiger partial charge in [-0.2, -0.15) is 39.5 Å². The zero-order valence-corrected chi connectivity index (χ0v) is 64.7. The van der Waals surface area contributed by atoms with Crippen molar-refractivity contribution in [3.8, 4) is 100 Å². The van der Waals surface area contributed by atoms with Crippen LogP contribution in [0.1, 0.15) is 173 Å². The molecule has 5 aliphatic rings. The van der Waals surface area contributed by atoms with Gasteiger partial charge in [0, 0.05) is 33.2 Å². The van der Waals surface area contributed by atoms with Gasteiger partial charge in [-0.15, -0.1) is 19.7 Å². The van der Waals surface area contributed by atoms with Gasteiger partial charge in [-0.05, 0) is 289 Å². The van der Waals surface area contributed by atoms with Crippen molar-refractivity contribution in [2.24, 2.45) is 17.8 Å². The maximum absolute atomic E-state index is 14.8. The second kappa shape index (κ2) is 28.4. The lowest BCUT2D eigenvalue weighted by molar-refractivity contribution is -0.172. The van der Waals surface area contributed by atoms with Crippen LogP contribution in [0.5, 0.6) is 0 Å². The number of alkyl halides is 9. The molecule has 572 valence electrons. The number of rotatable bonds is 25. The van der Waals surface area contributed by atoms with E-state index in [9.17, 15) is 44.3 Å². The van der Waals surface area contributed by atoms with Crippen LogP contribution < -0.4 is 0 Å². The van der Waals surface area contributed by atoms with E-state index in [0.29, 0.717) is 19.3 Å². The summed E-state index contributed by atoms with van der Waals surface area (Å²) in [5.74, 6) is -5.28. The van der Waals surface area contributed by atoms with Crippen molar-refractivity contribution in [1.82, 2.24) is 0 Å². The lowest BCUT2D eigenvalue weighted by Gasteiger charge is -2.34. The molecule has 0 radical (unpaired) electrons. The second-order valence-electron chi connectivity index (χ2n) is 32.5. The summed E-state index contributed by atoms with van der Waals surface area (Å²) in [7, 11) is 0. The molecule has 5 aliphatic carbocycles. The SMILES string of the molecule is C=CC(=O)OCCCCC1(C(=C)C)c2cc(-c3ccc4c(c3)C(C=C)(CCC(C)C(F)(F)F)c3cc(-c5ccc6c(c5)C(C=C)(CCC(C)C(F)(F)F)c5ccccc5-6)ccc3-4)ccc2-c2ccc(-c3ccc4c(c3)C(C=C)(CCC(C)C(F)(F)F)c3cc(-c5ccc6c(c5)C(CC)(CC)c5cc(C)ccc5-6)ccc3-4)cc21. The lowest BCUT2D eigenvalue weighted by atomic mass is 9.69. The first-order valence-corrected chi connectivity index (χ1v) is 39.4. The Hall–Kier alpha value is -10.3. The van der Waals surface area contributed by atoms with E-state index < -0.39 is 63.9 Å². The van der Waals surface area contributed by atoms with Crippen molar-refractivity contribution >= 4 is 5.97 Å². The van der Waals surface area contributed by atoms with Crippen LogP contribution >= 0.6 is 0 Å². The third-order valence-corrected chi connectivity index (χ3v) is 26.8. The molecule has 0 aliphatic heterocycles. The molecule has 2 nitrogen and oxygen atoms in total. The van der Waals surface area contributed by atoms with Gasteiger partial charge in [0.2, 0.25) is 0 Å². The van der Waals surface area contributed by atoms with Crippen molar-refractivity contribution in [3.63, 3.8) is 0 Å². The molecule has 11 heteroatoms. The number of aryl methyl sites for hydroxylation is 1. The standard InChI is InChI=1S/C101H93F9O2/c1-13-93(111)112-50-22-21-46-98(60(7)8)91-58-71(69-30-39-79-77-37-28-67(54-87(77)96(17-5,89(79)56-69)48-44-63(11)100(105,106)107)65-27-36-76-74-34-25-61(9)51-84(74)94(14-2,15-3)85(76)52-65)32-41-81(91)82-42-33-72(59-92(82)98)70-31-40-80-78-38-29-68(55-88(78)97(18-6,90(80)57-70)49-45-64(12)101(108,109)110)66-26-35-75-73-23-19-20-24-83(73)95(16-4,86(75)53-66)47-43-62(10)99(102,103)104/h13,16-20,23-42,51-59,62-64H,1,4-7,14-15,21-22,43-50H2,2-3,8-12H3. The molecule has 0 heterocycles. The molecule has 0 N–H and O–H groups in total. The fraction of sp³-hybridized carbons (Fsp3) is 0.297. The van der Waals surface area contributed by atoms with Crippen LogP contribution in [0, 0.1) is 24.7 Å². The number of fused-ring (bicyclic) bond motifs is 15. The minimum absolute atomic E-state index is 0.0811. The summed E-state index contributed by atoms with van der Waals surface area (Å²) in [5, 5.41) is 0. The fourth-order valence-corrected chi connectivity index (χ4v) is 20.0. The van der Waals surface area contributed by atoms with Gasteiger partial charge in [-0.3, -0.25) is 0 Å². The predicted molar refractivity (Wildman–Crippen MR) is 438 cm³/mol. The van der Waals surface area contributed by atoms with Gasteiger partial charge in [0.1, 0.15) is 0 Å². The zero-order valence-electron chi connectivity index (χ0n) is 64.7. The first-order chi connectivity index (χ1) is 53.4. The maximum atomic E-state index is 14.8. The Morgan fingerprint density at radius 3 is 0.991 bits per heavy atom. The highest BCUT2D eigenvalue weighted by atomic mass is 19.4. The van der Waals surface area contributed by atoms with Gasteiger partial charge < -0.3 is 4.74 Å². The number of hydrogen-bond donors (Lipinski definition) is 0. The van der Waals surface area contributed by atoms with Crippen LogP contribution in [0.15, 0.2) is 251 Å². The van der Waals surface area contributed by atoms with Crippen molar-refractivity contribution in [3.05, 3.63) is 312 Å². The topological polar surface area (TPSA) is 26.3 Å². The number of halogens is 9. The van der Waals surface area contributed by atoms with Gasteiger partial charge >= 0.3 is 24.5 Å². The Morgan fingerprint density at radius 2 is 0.670 bits per heavy atom. The molecule has 0 bridgehead atoms. The average molecular weight is 1510 g/mol. The molecular formula is C101H93F9O2. The highest BCUT2D eigenvalue weighted by Crippen LogP contribution is 2.62. The Labute approximate surface area is 652 Å². The molecule has 0 amide bonds. The lowest BCUT2D eigenvalue weighted by Crippen LogP contribution is -2.27. The number of esters is 1. The van der Waals surface area contributed by atoms with E-state index in [1.807, 2.05) is 67.6 Å². The summed E-state index contributed by atoms with van der Waals surface area (Å²) < 4.78 is 137. The summed E-state index contributed by atoms with van der Waals surface area (Å²) in [6, 6.07) is 65.5. The molecule has 0 aromatic heterocycles. The molecule has 0 saturated carbocycles. The van der Waals surface area contributed by atoms with E-state index in [2.05, 4.69) is 181 Å². The van der Waals surface area contributed by atoms with Crippen molar-refractivity contribution < 1.29 is 49.0 Å². The normalized spacial score (nSPS) is 19.8. The van der Waals surface area contributed by atoms with E-state index >= 15 is 0 Å². The highest BCUT2D eigenvalue weighted by Gasteiger charge is 2.50. The molecule has 112 heavy (non-hydrogen) atoms. The quantitative estimate of drug-likeness (QED) is 0.0187. The smallest absolute Gasteiger partial charge is 0.391 e. The summed E-state index contributed by atoms with van der Waals surface area (Å²) in [5.41, 5.74) is 24.9. The van der Waals surface area contributed by atoms with Crippen LogP contribution in [0.25, 0.3) is 100 Å². The Bertz CT molecular complexity index is 5520. The molecule has 0 fully saturated rings. The number of carbonyl (C=O) groups excluding carboxylic acids is 1. The molecule has 15 rings (SSSR count). The largest absolute Gasteiger partial charge is 0.463 e. The van der Waals surface area contributed by atoms with E-state index in [4.69, 9.17) is 11.3 Å². The minimum Gasteiger partial charge on any atom is -0.463 e.